The van der Waals surface area contributed by atoms with Crippen molar-refractivity contribution in [3.05, 3.63) is 0 Å². The number of aliphatic hydroxyl groups excluding tert-OH is 1. The quantitative estimate of drug-likeness (QED) is 0.680. The molecule has 2 saturated heterocycles. The van der Waals surface area contributed by atoms with Gasteiger partial charge in [0.15, 0.2) is 0 Å². The average Bonchev–Trinajstić information content (AvgIpc) is 2.20. The van der Waals surface area contributed by atoms with Gasteiger partial charge in [-0.2, -0.15) is 0 Å². The van der Waals surface area contributed by atoms with Crippen molar-refractivity contribution >= 4 is 12.4 Å². The monoisotopic (exact) mass is 220 g/mol. The molecule has 2 rings (SSSR count). The van der Waals surface area contributed by atoms with E-state index in [1.807, 2.05) is 0 Å². The van der Waals surface area contributed by atoms with Crippen LogP contribution in [0, 0.1) is 0 Å². The van der Waals surface area contributed by atoms with Gasteiger partial charge in [-0.25, -0.2) is 0 Å². The van der Waals surface area contributed by atoms with E-state index >= 15 is 0 Å². The van der Waals surface area contributed by atoms with Crippen LogP contribution in [-0.4, -0.2) is 48.3 Å². The first kappa shape index (κ1) is 12.2. The van der Waals surface area contributed by atoms with Crippen molar-refractivity contribution in [3.8, 4) is 0 Å². The van der Waals surface area contributed by atoms with Crippen molar-refractivity contribution in [3.63, 3.8) is 0 Å². The van der Waals surface area contributed by atoms with Crippen LogP contribution in [0.2, 0.25) is 0 Å². The third kappa shape index (κ3) is 3.09. The molecule has 2 aliphatic heterocycles. The molecule has 0 radical (unpaired) electrons. The largest absolute Gasteiger partial charge is 0.393 e. The van der Waals surface area contributed by atoms with Gasteiger partial charge >= 0.3 is 0 Å². The number of hydrogen-bond donors (Lipinski definition) is 2. The van der Waals surface area contributed by atoms with E-state index in [2.05, 4.69) is 10.2 Å². The summed E-state index contributed by atoms with van der Waals surface area (Å²) in [7, 11) is 0. The van der Waals surface area contributed by atoms with Crippen LogP contribution in [0.25, 0.3) is 0 Å². The maximum atomic E-state index is 9.39. The van der Waals surface area contributed by atoms with Crippen LogP contribution in [0.5, 0.6) is 0 Å². The molecule has 14 heavy (non-hydrogen) atoms. The van der Waals surface area contributed by atoms with Crippen LogP contribution in [0.4, 0.5) is 0 Å². The molecule has 0 aromatic heterocycles. The lowest BCUT2D eigenvalue weighted by molar-refractivity contribution is 0.0525. The minimum absolute atomic E-state index is 0. The predicted molar refractivity (Wildman–Crippen MR) is 60.0 cm³/mol. The number of nitrogens with zero attached hydrogens (tertiary/aromatic N) is 1. The van der Waals surface area contributed by atoms with Gasteiger partial charge < -0.3 is 15.3 Å². The molecule has 2 heterocycles. The number of aliphatic hydroxyl groups is 1. The second-order valence-corrected chi connectivity index (χ2v) is 4.25. The summed E-state index contributed by atoms with van der Waals surface area (Å²) in [6, 6.07) is 0.786. The van der Waals surface area contributed by atoms with E-state index < -0.39 is 0 Å². The Balaban J connectivity index is 0.000000980. The van der Waals surface area contributed by atoms with Crippen LogP contribution in [0.3, 0.4) is 0 Å². The smallest absolute Gasteiger partial charge is 0.0564 e. The summed E-state index contributed by atoms with van der Waals surface area (Å²) in [5, 5.41) is 12.8. The van der Waals surface area contributed by atoms with E-state index in [4.69, 9.17) is 0 Å². The molecule has 0 bridgehead atoms. The molecule has 0 aromatic rings. The second kappa shape index (κ2) is 5.91. The van der Waals surface area contributed by atoms with Crippen LogP contribution in [0.15, 0.2) is 0 Å². The molecule has 2 aliphatic rings. The minimum Gasteiger partial charge on any atom is -0.393 e. The third-order valence-electron chi connectivity index (χ3n) is 3.32. The van der Waals surface area contributed by atoms with E-state index in [1.165, 1.54) is 25.9 Å². The third-order valence-corrected chi connectivity index (χ3v) is 3.32. The summed E-state index contributed by atoms with van der Waals surface area (Å²) >= 11 is 0. The van der Waals surface area contributed by atoms with Crippen molar-refractivity contribution in [1.82, 2.24) is 10.2 Å². The molecule has 0 aliphatic carbocycles. The molecule has 0 aromatic carbocycles. The Bertz CT molecular complexity index is 154. The number of rotatable bonds is 1. The maximum Gasteiger partial charge on any atom is 0.0564 e. The average molecular weight is 221 g/mol. The first-order valence-corrected chi connectivity index (χ1v) is 5.49. The normalized spacial score (nSPS) is 27.2. The van der Waals surface area contributed by atoms with Crippen LogP contribution < -0.4 is 5.32 Å². The summed E-state index contributed by atoms with van der Waals surface area (Å²) in [5.74, 6) is 0. The van der Waals surface area contributed by atoms with Gasteiger partial charge in [0.1, 0.15) is 0 Å². The zero-order valence-corrected chi connectivity index (χ0v) is 9.43. The summed E-state index contributed by atoms with van der Waals surface area (Å²) in [6.45, 7) is 4.55. The summed E-state index contributed by atoms with van der Waals surface area (Å²) in [6.07, 6.45) is 4.50. The number of piperidine rings is 2. The Kier molecular flexibility index (Phi) is 5.17. The SMILES string of the molecule is Cl.OC1CCN(C2CCNCC2)CC1. The number of halogens is 1. The fraction of sp³-hybridized carbons (Fsp3) is 1.00. The summed E-state index contributed by atoms with van der Waals surface area (Å²) in [5.41, 5.74) is 0. The summed E-state index contributed by atoms with van der Waals surface area (Å²) in [4.78, 5) is 2.56. The van der Waals surface area contributed by atoms with Crippen LogP contribution in [-0.2, 0) is 0 Å². The van der Waals surface area contributed by atoms with Crippen molar-refractivity contribution < 1.29 is 5.11 Å². The Labute approximate surface area is 92.3 Å². The molecule has 0 amide bonds. The molecular weight excluding hydrogens is 200 g/mol. The first-order chi connectivity index (χ1) is 6.36. The highest BCUT2D eigenvalue weighted by Gasteiger charge is 2.24. The Morgan fingerprint density at radius 2 is 1.57 bits per heavy atom. The van der Waals surface area contributed by atoms with Crippen LogP contribution >= 0.6 is 12.4 Å². The molecule has 0 spiro atoms. The minimum atomic E-state index is -0.0297. The molecule has 0 atom stereocenters. The van der Waals surface area contributed by atoms with Gasteiger partial charge in [0.05, 0.1) is 6.10 Å². The van der Waals surface area contributed by atoms with Crippen molar-refractivity contribution in [2.45, 2.75) is 37.8 Å². The molecular formula is C10H21ClN2O. The van der Waals surface area contributed by atoms with Gasteiger partial charge in [0.25, 0.3) is 0 Å². The second-order valence-electron chi connectivity index (χ2n) is 4.25. The lowest BCUT2D eigenvalue weighted by Crippen LogP contribution is -2.47. The molecule has 3 nitrogen and oxygen atoms in total. The zero-order chi connectivity index (χ0) is 9.10. The van der Waals surface area contributed by atoms with E-state index in [-0.39, 0.29) is 18.5 Å². The topological polar surface area (TPSA) is 35.5 Å². The molecule has 2 fully saturated rings. The van der Waals surface area contributed by atoms with Gasteiger partial charge in [-0.15, -0.1) is 12.4 Å². The zero-order valence-electron chi connectivity index (χ0n) is 8.61. The van der Waals surface area contributed by atoms with Gasteiger partial charge in [-0.1, -0.05) is 0 Å². The molecule has 0 saturated carbocycles. The highest BCUT2D eigenvalue weighted by Crippen LogP contribution is 2.18. The summed E-state index contributed by atoms with van der Waals surface area (Å²) < 4.78 is 0. The number of likely N-dealkylation sites (tertiary alicyclic amines) is 1. The van der Waals surface area contributed by atoms with E-state index in [0.717, 1.165) is 32.0 Å². The Morgan fingerprint density at radius 1 is 1.00 bits per heavy atom. The van der Waals surface area contributed by atoms with Crippen molar-refractivity contribution in [2.24, 2.45) is 0 Å². The van der Waals surface area contributed by atoms with Gasteiger partial charge in [0, 0.05) is 19.1 Å². The molecule has 4 heteroatoms. The standard InChI is InChI=1S/C10H20N2O.ClH/c13-10-3-7-12(8-4-10)9-1-5-11-6-2-9;/h9-11,13H,1-8H2;1H. The van der Waals surface area contributed by atoms with Crippen LogP contribution in [0.1, 0.15) is 25.7 Å². The van der Waals surface area contributed by atoms with Gasteiger partial charge in [-0.05, 0) is 38.8 Å². The molecule has 84 valence electrons. The van der Waals surface area contributed by atoms with Crippen molar-refractivity contribution in [1.29, 1.82) is 0 Å². The predicted octanol–water partition coefficient (Wildman–Crippen LogP) is 0.617. The maximum absolute atomic E-state index is 9.39. The number of nitrogens with one attached hydrogen (secondary N) is 1. The van der Waals surface area contributed by atoms with Gasteiger partial charge in [-0.3, -0.25) is 0 Å². The Morgan fingerprint density at radius 3 is 2.14 bits per heavy atom. The van der Waals surface area contributed by atoms with E-state index in [0.29, 0.717) is 0 Å². The lowest BCUT2D eigenvalue weighted by Gasteiger charge is -2.38. The fourth-order valence-electron chi connectivity index (χ4n) is 2.42. The molecule has 0 unspecified atom stereocenters. The Hall–Kier alpha value is 0.170. The number of hydrogen-bond acceptors (Lipinski definition) is 3. The lowest BCUT2D eigenvalue weighted by atomic mass is 10.00. The highest BCUT2D eigenvalue weighted by atomic mass is 35.5. The van der Waals surface area contributed by atoms with E-state index in [1.54, 1.807) is 0 Å². The van der Waals surface area contributed by atoms with E-state index in [9.17, 15) is 5.11 Å². The molecule has 2 N–H and O–H groups in total. The fourth-order valence-corrected chi connectivity index (χ4v) is 2.42. The first-order valence-electron chi connectivity index (χ1n) is 5.49. The highest BCUT2D eigenvalue weighted by molar-refractivity contribution is 5.85. The van der Waals surface area contributed by atoms with Crippen molar-refractivity contribution in [2.75, 3.05) is 26.2 Å². The van der Waals surface area contributed by atoms with Gasteiger partial charge in [0.2, 0.25) is 0 Å².